The molecule has 0 atom stereocenters. The predicted octanol–water partition coefficient (Wildman–Crippen LogP) is 4.89. The van der Waals surface area contributed by atoms with Crippen LogP contribution in [0.3, 0.4) is 0 Å². The van der Waals surface area contributed by atoms with Crippen LogP contribution in [-0.4, -0.2) is 38.5 Å². The molecule has 0 aromatic rings. The van der Waals surface area contributed by atoms with E-state index in [0.29, 0.717) is 32.8 Å². The van der Waals surface area contributed by atoms with Gasteiger partial charge in [0.2, 0.25) is 0 Å². The lowest BCUT2D eigenvalue weighted by atomic mass is 10.1. The molecule has 0 aliphatic rings. The molecule has 4 heteroatoms. The van der Waals surface area contributed by atoms with Crippen molar-refractivity contribution < 1.29 is 19.0 Å². The minimum absolute atomic E-state index is 0.102. The number of ether oxygens (including phenoxy) is 3. The lowest BCUT2D eigenvalue weighted by Gasteiger charge is -2.08. The summed E-state index contributed by atoms with van der Waals surface area (Å²) < 4.78 is 15.8. The van der Waals surface area contributed by atoms with Crippen molar-refractivity contribution in [3.05, 3.63) is 0 Å². The molecule has 0 saturated carbocycles. The third-order valence-electron chi connectivity index (χ3n) is 3.65. The summed E-state index contributed by atoms with van der Waals surface area (Å²) in [4.78, 5) is 11.5. The molecule has 0 unspecified atom stereocenters. The summed E-state index contributed by atoms with van der Waals surface area (Å²) in [6, 6.07) is 0. The van der Waals surface area contributed by atoms with Crippen LogP contribution in [0.2, 0.25) is 0 Å². The molecule has 4 nitrogen and oxygen atoms in total. The molecule has 0 heterocycles. The van der Waals surface area contributed by atoms with Gasteiger partial charge in [-0.1, -0.05) is 58.3 Å². The van der Waals surface area contributed by atoms with Crippen LogP contribution in [-0.2, 0) is 19.0 Å². The Morgan fingerprint density at radius 2 is 1.35 bits per heavy atom. The van der Waals surface area contributed by atoms with E-state index in [0.717, 1.165) is 12.8 Å². The lowest BCUT2D eigenvalue weighted by molar-refractivity contribution is -0.145. The second kappa shape index (κ2) is 17.7. The Morgan fingerprint density at radius 3 is 1.96 bits per heavy atom. The van der Waals surface area contributed by atoms with Crippen molar-refractivity contribution in [3.63, 3.8) is 0 Å². The number of rotatable bonds is 17. The monoisotopic (exact) mass is 330 g/mol. The Kier molecular flexibility index (Phi) is 17.3. The summed E-state index contributed by atoms with van der Waals surface area (Å²) in [5.41, 5.74) is 0. The van der Waals surface area contributed by atoms with Crippen molar-refractivity contribution in [2.45, 2.75) is 91.1 Å². The van der Waals surface area contributed by atoms with E-state index in [1.165, 1.54) is 44.9 Å². The predicted molar refractivity (Wildman–Crippen MR) is 94.7 cm³/mol. The Morgan fingerprint density at radius 1 is 0.783 bits per heavy atom. The quantitative estimate of drug-likeness (QED) is 0.281. The van der Waals surface area contributed by atoms with Gasteiger partial charge >= 0.3 is 5.97 Å². The first kappa shape index (κ1) is 22.4. The normalized spacial score (nSPS) is 11.1. The fourth-order valence-corrected chi connectivity index (χ4v) is 2.31. The van der Waals surface area contributed by atoms with E-state index >= 15 is 0 Å². The molecule has 138 valence electrons. The van der Waals surface area contributed by atoms with Crippen molar-refractivity contribution in [2.24, 2.45) is 0 Å². The highest BCUT2D eigenvalue weighted by Gasteiger charge is 2.02. The van der Waals surface area contributed by atoms with Gasteiger partial charge in [-0.05, 0) is 20.3 Å². The van der Waals surface area contributed by atoms with Crippen molar-refractivity contribution >= 4 is 5.97 Å². The maximum atomic E-state index is 11.5. The van der Waals surface area contributed by atoms with Crippen molar-refractivity contribution in [1.82, 2.24) is 0 Å². The summed E-state index contributed by atoms with van der Waals surface area (Å²) in [5, 5.41) is 0. The summed E-state index contributed by atoms with van der Waals surface area (Å²) in [7, 11) is 0. The van der Waals surface area contributed by atoms with Gasteiger partial charge in [0.15, 0.2) is 0 Å². The number of esters is 1. The van der Waals surface area contributed by atoms with Crippen molar-refractivity contribution in [3.8, 4) is 0 Å². The number of carbonyl (C=O) groups is 1. The zero-order chi connectivity index (χ0) is 17.2. The Hall–Kier alpha value is -0.610. The zero-order valence-corrected chi connectivity index (χ0v) is 15.6. The molecule has 0 fully saturated rings. The molecule has 0 amide bonds. The van der Waals surface area contributed by atoms with E-state index in [9.17, 15) is 4.79 Å². The van der Waals surface area contributed by atoms with Gasteiger partial charge in [-0.2, -0.15) is 0 Å². The second-order valence-corrected chi connectivity index (χ2v) is 6.33. The molecule has 0 saturated heterocycles. The summed E-state index contributed by atoms with van der Waals surface area (Å²) in [6.45, 7) is 8.16. The smallest absolute Gasteiger partial charge is 0.305 e. The summed E-state index contributed by atoms with van der Waals surface area (Å²) >= 11 is 0. The fourth-order valence-electron chi connectivity index (χ4n) is 2.31. The minimum Gasteiger partial charge on any atom is -0.463 e. The van der Waals surface area contributed by atoms with Crippen LogP contribution in [0.15, 0.2) is 0 Å². The maximum Gasteiger partial charge on any atom is 0.305 e. The molecule has 0 aromatic carbocycles. The highest BCUT2D eigenvalue weighted by molar-refractivity contribution is 5.69. The van der Waals surface area contributed by atoms with Crippen LogP contribution in [0.5, 0.6) is 0 Å². The third-order valence-corrected chi connectivity index (χ3v) is 3.65. The third kappa shape index (κ3) is 19.3. The van der Waals surface area contributed by atoms with Crippen LogP contribution < -0.4 is 0 Å². The molecule has 23 heavy (non-hydrogen) atoms. The SMILES string of the molecule is CCCCCCCCCCCC(=O)OCCOCCOC(C)C. The van der Waals surface area contributed by atoms with E-state index in [4.69, 9.17) is 14.2 Å². The Labute approximate surface area is 143 Å². The minimum atomic E-state index is -0.102. The molecule has 0 aliphatic heterocycles. The standard InChI is InChI=1S/C19H38O4/c1-4-5-6-7-8-9-10-11-12-13-19(20)23-17-15-21-14-16-22-18(2)3/h18H,4-17H2,1-3H3. The van der Waals surface area contributed by atoms with Crippen molar-refractivity contribution in [2.75, 3.05) is 26.4 Å². The number of unbranched alkanes of at least 4 members (excludes halogenated alkanes) is 8. The highest BCUT2D eigenvalue weighted by atomic mass is 16.6. The molecule has 0 rings (SSSR count). The average molecular weight is 331 g/mol. The van der Waals surface area contributed by atoms with Gasteiger partial charge in [-0.3, -0.25) is 4.79 Å². The van der Waals surface area contributed by atoms with E-state index in [2.05, 4.69) is 6.92 Å². The molecule has 0 spiro atoms. The van der Waals surface area contributed by atoms with Crippen molar-refractivity contribution in [1.29, 1.82) is 0 Å². The largest absolute Gasteiger partial charge is 0.463 e. The Balaban J connectivity index is 3.16. The number of hydrogen-bond acceptors (Lipinski definition) is 4. The van der Waals surface area contributed by atoms with Gasteiger partial charge in [-0.25, -0.2) is 0 Å². The van der Waals surface area contributed by atoms with Gasteiger partial charge in [0.1, 0.15) is 6.61 Å². The number of carbonyl (C=O) groups excluding carboxylic acids is 1. The van der Waals surface area contributed by atoms with Crippen LogP contribution >= 0.6 is 0 Å². The molecule has 0 aromatic heterocycles. The molecule has 0 aliphatic carbocycles. The first-order valence-corrected chi connectivity index (χ1v) is 9.51. The maximum absolute atomic E-state index is 11.5. The zero-order valence-electron chi connectivity index (χ0n) is 15.6. The van der Waals surface area contributed by atoms with E-state index in [1.807, 2.05) is 13.8 Å². The first-order valence-electron chi connectivity index (χ1n) is 9.51. The molecular formula is C19H38O4. The second-order valence-electron chi connectivity index (χ2n) is 6.33. The first-order chi connectivity index (χ1) is 11.2. The Bertz CT molecular complexity index is 254. The molecule has 0 bridgehead atoms. The molecule has 0 radical (unpaired) electrons. The topological polar surface area (TPSA) is 44.8 Å². The van der Waals surface area contributed by atoms with Crippen LogP contribution in [0, 0.1) is 0 Å². The van der Waals surface area contributed by atoms with Gasteiger partial charge in [0.05, 0.1) is 25.9 Å². The fraction of sp³-hybridized carbons (Fsp3) is 0.947. The highest BCUT2D eigenvalue weighted by Crippen LogP contribution is 2.10. The van der Waals surface area contributed by atoms with E-state index in [1.54, 1.807) is 0 Å². The number of hydrogen-bond donors (Lipinski definition) is 0. The summed E-state index contributed by atoms with van der Waals surface area (Å²) in [6.07, 6.45) is 12.1. The van der Waals surface area contributed by atoms with E-state index < -0.39 is 0 Å². The molecular weight excluding hydrogens is 292 g/mol. The van der Waals surface area contributed by atoms with Gasteiger partial charge in [-0.15, -0.1) is 0 Å². The van der Waals surface area contributed by atoms with Gasteiger partial charge < -0.3 is 14.2 Å². The van der Waals surface area contributed by atoms with Gasteiger partial charge in [0, 0.05) is 6.42 Å². The summed E-state index contributed by atoms with van der Waals surface area (Å²) in [5.74, 6) is -0.102. The molecule has 0 N–H and O–H groups in total. The lowest BCUT2D eigenvalue weighted by Crippen LogP contribution is -2.14. The van der Waals surface area contributed by atoms with Crippen LogP contribution in [0.25, 0.3) is 0 Å². The van der Waals surface area contributed by atoms with Gasteiger partial charge in [0.25, 0.3) is 0 Å². The van der Waals surface area contributed by atoms with Crippen LogP contribution in [0.4, 0.5) is 0 Å². The van der Waals surface area contributed by atoms with Crippen LogP contribution in [0.1, 0.15) is 85.0 Å². The van der Waals surface area contributed by atoms with E-state index in [-0.39, 0.29) is 12.1 Å². The average Bonchev–Trinajstić information content (AvgIpc) is 2.52.